The molecule has 0 nitrogen and oxygen atoms in total. The summed E-state index contributed by atoms with van der Waals surface area (Å²) in [6, 6.07) is 4.78. The lowest BCUT2D eigenvalue weighted by molar-refractivity contribution is 0.624. The van der Waals surface area contributed by atoms with E-state index in [-0.39, 0.29) is 10.8 Å². The molecule has 0 radical (unpaired) electrons. The second-order valence-corrected chi connectivity index (χ2v) is 3.68. The normalized spacial score (nSPS) is 9.83. The van der Waals surface area contributed by atoms with E-state index in [1.165, 1.54) is 17.8 Å². The van der Waals surface area contributed by atoms with Crippen LogP contribution in [0.2, 0.25) is 5.02 Å². The first-order valence-corrected chi connectivity index (χ1v) is 4.79. The first-order valence-electron chi connectivity index (χ1n) is 3.43. The number of rotatable bonds is 3. The van der Waals surface area contributed by atoms with Crippen LogP contribution < -0.4 is 0 Å². The van der Waals surface area contributed by atoms with Gasteiger partial charge < -0.3 is 0 Å². The SMILES string of the molecule is C=CCSc1ccc(Cl)c(F)c1. The van der Waals surface area contributed by atoms with E-state index in [2.05, 4.69) is 6.58 Å². The first kappa shape index (κ1) is 9.62. The number of hydrogen-bond acceptors (Lipinski definition) is 1. The summed E-state index contributed by atoms with van der Waals surface area (Å²) >= 11 is 7.04. The van der Waals surface area contributed by atoms with E-state index in [4.69, 9.17) is 11.6 Å². The minimum atomic E-state index is -0.370. The van der Waals surface area contributed by atoms with Crippen LogP contribution in [-0.2, 0) is 0 Å². The van der Waals surface area contributed by atoms with Crippen molar-refractivity contribution in [2.24, 2.45) is 0 Å². The van der Waals surface area contributed by atoms with Crippen molar-refractivity contribution in [1.82, 2.24) is 0 Å². The van der Waals surface area contributed by atoms with Gasteiger partial charge in [0.1, 0.15) is 5.82 Å². The van der Waals surface area contributed by atoms with Gasteiger partial charge >= 0.3 is 0 Å². The van der Waals surface area contributed by atoms with Crippen LogP contribution in [0, 0.1) is 5.82 Å². The van der Waals surface area contributed by atoms with Gasteiger partial charge in [0, 0.05) is 10.6 Å². The van der Waals surface area contributed by atoms with E-state index in [1.54, 1.807) is 18.2 Å². The Kier molecular flexibility index (Phi) is 3.63. The summed E-state index contributed by atoms with van der Waals surface area (Å²) in [4.78, 5) is 0.872. The van der Waals surface area contributed by atoms with E-state index in [0.29, 0.717) is 0 Å². The van der Waals surface area contributed by atoms with Gasteiger partial charge in [-0.3, -0.25) is 0 Å². The van der Waals surface area contributed by atoms with Crippen LogP contribution in [0.25, 0.3) is 0 Å². The first-order chi connectivity index (χ1) is 5.74. The Morgan fingerprint density at radius 2 is 2.33 bits per heavy atom. The third-order valence-electron chi connectivity index (χ3n) is 1.26. The lowest BCUT2D eigenvalue weighted by Crippen LogP contribution is -1.78. The van der Waals surface area contributed by atoms with Crippen molar-refractivity contribution in [2.75, 3.05) is 5.75 Å². The molecular weight excluding hydrogens is 195 g/mol. The van der Waals surface area contributed by atoms with Gasteiger partial charge in [0.05, 0.1) is 5.02 Å². The molecule has 0 unspecified atom stereocenters. The summed E-state index contributed by atoms with van der Waals surface area (Å²) in [6.45, 7) is 3.58. The van der Waals surface area contributed by atoms with E-state index < -0.39 is 0 Å². The van der Waals surface area contributed by atoms with Gasteiger partial charge in [-0.2, -0.15) is 0 Å². The zero-order chi connectivity index (χ0) is 8.97. The summed E-state index contributed by atoms with van der Waals surface area (Å²) in [7, 11) is 0. The van der Waals surface area contributed by atoms with Crippen molar-refractivity contribution < 1.29 is 4.39 Å². The highest BCUT2D eigenvalue weighted by atomic mass is 35.5. The Labute approximate surface area is 80.4 Å². The quantitative estimate of drug-likeness (QED) is 0.531. The predicted molar refractivity (Wildman–Crippen MR) is 52.3 cm³/mol. The van der Waals surface area contributed by atoms with Crippen LogP contribution in [-0.4, -0.2) is 5.75 Å². The second-order valence-electron chi connectivity index (χ2n) is 2.18. The fraction of sp³-hybridized carbons (Fsp3) is 0.111. The Bertz CT molecular complexity index is 286. The molecular formula is C9H8ClFS. The minimum absolute atomic E-state index is 0.165. The average Bonchev–Trinajstić information content (AvgIpc) is 2.07. The molecule has 3 heteroatoms. The molecule has 0 bridgehead atoms. The summed E-state index contributed by atoms with van der Waals surface area (Å²) in [5.41, 5.74) is 0. The highest BCUT2D eigenvalue weighted by Gasteiger charge is 1.99. The topological polar surface area (TPSA) is 0 Å². The summed E-state index contributed by atoms with van der Waals surface area (Å²) < 4.78 is 12.8. The minimum Gasteiger partial charge on any atom is -0.205 e. The fourth-order valence-corrected chi connectivity index (χ4v) is 1.50. The molecule has 12 heavy (non-hydrogen) atoms. The molecule has 0 spiro atoms. The molecule has 0 heterocycles. The molecule has 1 aromatic carbocycles. The van der Waals surface area contributed by atoms with Gasteiger partial charge in [-0.15, -0.1) is 18.3 Å². The van der Waals surface area contributed by atoms with Crippen molar-refractivity contribution in [1.29, 1.82) is 0 Å². The molecule has 0 aliphatic carbocycles. The van der Waals surface area contributed by atoms with Crippen LogP contribution in [0.1, 0.15) is 0 Å². The number of hydrogen-bond donors (Lipinski definition) is 0. The van der Waals surface area contributed by atoms with E-state index in [9.17, 15) is 4.39 Å². The molecule has 0 fully saturated rings. The number of halogens is 2. The summed E-state index contributed by atoms with van der Waals surface area (Å²) in [6.07, 6.45) is 1.77. The van der Waals surface area contributed by atoms with Gasteiger partial charge in [0.2, 0.25) is 0 Å². The highest BCUT2D eigenvalue weighted by molar-refractivity contribution is 7.99. The average molecular weight is 203 g/mol. The molecule has 64 valence electrons. The molecule has 1 rings (SSSR count). The van der Waals surface area contributed by atoms with Gasteiger partial charge in [0.25, 0.3) is 0 Å². The summed E-state index contributed by atoms with van der Waals surface area (Å²) in [5, 5.41) is 0.165. The van der Waals surface area contributed by atoms with Gasteiger partial charge in [-0.1, -0.05) is 17.7 Å². The third kappa shape index (κ3) is 2.54. The standard InChI is InChI=1S/C9H8ClFS/c1-2-5-12-7-3-4-8(10)9(11)6-7/h2-4,6H,1,5H2. The molecule has 0 saturated carbocycles. The van der Waals surface area contributed by atoms with Crippen LogP contribution in [0.3, 0.4) is 0 Å². The maximum absolute atomic E-state index is 12.8. The van der Waals surface area contributed by atoms with Crippen molar-refractivity contribution in [3.05, 3.63) is 41.7 Å². The Morgan fingerprint density at radius 1 is 1.58 bits per heavy atom. The van der Waals surface area contributed by atoms with Crippen LogP contribution in [0.15, 0.2) is 35.7 Å². The van der Waals surface area contributed by atoms with Crippen molar-refractivity contribution in [3.63, 3.8) is 0 Å². The number of benzene rings is 1. The smallest absolute Gasteiger partial charge is 0.142 e. The zero-order valence-corrected chi connectivity index (χ0v) is 7.96. The van der Waals surface area contributed by atoms with Crippen molar-refractivity contribution in [3.8, 4) is 0 Å². The molecule has 1 aromatic rings. The van der Waals surface area contributed by atoms with Crippen LogP contribution in [0.4, 0.5) is 4.39 Å². The van der Waals surface area contributed by atoms with Gasteiger partial charge in [0.15, 0.2) is 0 Å². The largest absolute Gasteiger partial charge is 0.205 e. The summed E-state index contributed by atoms with van der Waals surface area (Å²) in [5.74, 6) is 0.409. The monoisotopic (exact) mass is 202 g/mol. The lowest BCUT2D eigenvalue weighted by atomic mass is 10.3. The van der Waals surface area contributed by atoms with Crippen molar-refractivity contribution >= 4 is 23.4 Å². The Morgan fingerprint density at radius 3 is 2.92 bits per heavy atom. The molecule has 0 saturated heterocycles. The molecule has 0 aliphatic heterocycles. The zero-order valence-electron chi connectivity index (χ0n) is 6.39. The number of thioether (sulfide) groups is 1. The van der Waals surface area contributed by atoms with Crippen LogP contribution in [0.5, 0.6) is 0 Å². The maximum atomic E-state index is 12.8. The maximum Gasteiger partial charge on any atom is 0.142 e. The molecule has 0 atom stereocenters. The van der Waals surface area contributed by atoms with Gasteiger partial charge in [-0.05, 0) is 18.2 Å². The van der Waals surface area contributed by atoms with Gasteiger partial charge in [-0.25, -0.2) is 4.39 Å². The van der Waals surface area contributed by atoms with E-state index in [0.717, 1.165) is 10.6 Å². The predicted octanol–water partition coefficient (Wildman–Crippen LogP) is 3.76. The van der Waals surface area contributed by atoms with Crippen LogP contribution >= 0.6 is 23.4 Å². The van der Waals surface area contributed by atoms with E-state index in [1.807, 2.05) is 0 Å². The van der Waals surface area contributed by atoms with Crippen molar-refractivity contribution in [2.45, 2.75) is 4.90 Å². The van der Waals surface area contributed by atoms with E-state index >= 15 is 0 Å². The molecule has 0 amide bonds. The Hall–Kier alpha value is -0.470. The molecule has 0 N–H and O–H groups in total. The molecule has 0 aliphatic rings. The fourth-order valence-electron chi connectivity index (χ4n) is 0.722. The molecule has 0 aromatic heterocycles. The Balaban J connectivity index is 2.75. The second kappa shape index (κ2) is 4.53. The lowest BCUT2D eigenvalue weighted by Gasteiger charge is -1.98. The highest BCUT2D eigenvalue weighted by Crippen LogP contribution is 2.23. The third-order valence-corrected chi connectivity index (χ3v) is 2.56.